The lowest BCUT2D eigenvalue weighted by atomic mass is 10.1. The fourth-order valence-electron chi connectivity index (χ4n) is 2.35. The SMILES string of the molecule is Cc1ccc(C)c(Oc2ccc(NS(=O)(=O)c3ccccc3)cc2)c1. The Bertz CT molecular complexity index is 966. The molecule has 0 aromatic heterocycles. The van der Waals surface area contributed by atoms with Crippen molar-refractivity contribution in [3.8, 4) is 11.5 Å². The summed E-state index contributed by atoms with van der Waals surface area (Å²) in [5.41, 5.74) is 2.64. The van der Waals surface area contributed by atoms with Gasteiger partial charge < -0.3 is 4.74 Å². The van der Waals surface area contributed by atoms with E-state index in [9.17, 15) is 8.42 Å². The van der Waals surface area contributed by atoms with Crippen molar-refractivity contribution < 1.29 is 13.2 Å². The lowest BCUT2D eigenvalue weighted by molar-refractivity contribution is 0.478. The van der Waals surface area contributed by atoms with Gasteiger partial charge in [0.2, 0.25) is 0 Å². The largest absolute Gasteiger partial charge is 0.457 e. The molecule has 1 N–H and O–H groups in total. The Hall–Kier alpha value is -2.79. The lowest BCUT2D eigenvalue weighted by Crippen LogP contribution is -2.12. The van der Waals surface area contributed by atoms with Gasteiger partial charge in [-0.15, -0.1) is 0 Å². The van der Waals surface area contributed by atoms with Crippen LogP contribution < -0.4 is 9.46 Å². The van der Waals surface area contributed by atoms with Crippen molar-refractivity contribution >= 4 is 15.7 Å². The summed E-state index contributed by atoms with van der Waals surface area (Å²) in [4.78, 5) is 0.228. The quantitative estimate of drug-likeness (QED) is 0.710. The molecule has 0 fully saturated rings. The van der Waals surface area contributed by atoms with E-state index in [2.05, 4.69) is 4.72 Å². The molecular formula is C20H19NO3S. The molecule has 0 saturated carbocycles. The molecule has 3 rings (SSSR count). The molecule has 4 nitrogen and oxygen atoms in total. The first-order chi connectivity index (χ1) is 11.9. The number of hydrogen-bond donors (Lipinski definition) is 1. The van der Waals surface area contributed by atoms with Gasteiger partial charge in [0.25, 0.3) is 10.0 Å². The van der Waals surface area contributed by atoms with Gasteiger partial charge >= 0.3 is 0 Å². The number of ether oxygens (including phenoxy) is 1. The van der Waals surface area contributed by atoms with Crippen LogP contribution in [-0.4, -0.2) is 8.42 Å². The van der Waals surface area contributed by atoms with Crippen LogP contribution in [0.2, 0.25) is 0 Å². The van der Waals surface area contributed by atoms with E-state index in [-0.39, 0.29) is 4.90 Å². The summed E-state index contributed by atoms with van der Waals surface area (Å²) < 4.78 is 33.1. The highest BCUT2D eigenvalue weighted by atomic mass is 32.2. The van der Waals surface area contributed by atoms with Crippen LogP contribution >= 0.6 is 0 Å². The Kier molecular flexibility index (Phi) is 4.76. The zero-order valence-electron chi connectivity index (χ0n) is 14.1. The number of anilines is 1. The van der Waals surface area contributed by atoms with Crippen LogP contribution in [-0.2, 0) is 10.0 Å². The number of rotatable bonds is 5. The normalized spacial score (nSPS) is 11.1. The third-order valence-electron chi connectivity index (χ3n) is 3.73. The molecule has 3 aromatic carbocycles. The number of hydrogen-bond acceptors (Lipinski definition) is 3. The molecule has 0 atom stereocenters. The maximum Gasteiger partial charge on any atom is 0.261 e. The smallest absolute Gasteiger partial charge is 0.261 e. The van der Waals surface area contributed by atoms with Crippen LogP contribution in [0.4, 0.5) is 5.69 Å². The van der Waals surface area contributed by atoms with Gasteiger partial charge in [-0.25, -0.2) is 8.42 Å². The maximum absolute atomic E-state index is 12.3. The second-order valence-corrected chi connectivity index (χ2v) is 7.50. The molecule has 0 aliphatic rings. The molecule has 3 aromatic rings. The molecule has 0 amide bonds. The second-order valence-electron chi connectivity index (χ2n) is 5.81. The average molecular weight is 353 g/mol. The van der Waals surface area contributed by atoms with E-state index >= 15 is 0 Å². The van der Waals surface area contributed by atoms with E-state index in [4.69, 9.17) is 4.74 Å². The molecule has 0 heterocycles. The number of aryl methyl sites for hydroxylation is 2. The van der Waals surface area contributed by atoms with Crippen LogP contribution in [0.5, 0.6) is 11.5 Å². The van der Waals surface area contributed by atoms with Crippen molar-refractivity contribution in [2.45, 2.75) is 18.7 Å². The van der Waals surface area contributed by atoms with Gasteiger partial charge in [0.05, 0.1) is 4.90 Å². The van der Waals surface area contributed by atoms with Gasteiger partial charge in [-0.1, -0.05) is 30.3 Å². The van der Waals surface area contributed by atoms with Crippen molar-refractivity contribution in [2.24, 2.45) is 0 Å². The monoisotopic (exact) mass is 353 g/mol. The van der Waals surface area contributed by atoms with Crippen LogP contribution in [0, 0.1) is 13.8 Å². The summed E-state index contributed by atoms with van der Waals surface area (Å²) in [6, 6.07) is 21.1. The molecule has 0 unspecified atom stereocenters. The standard InChI is InChI=1S/C20H19NO3S/c1-15-8-9-16(2)20(14-15)24-18-12-10-17(11-13-18)21-25(22,23)19-6-4-3-5-7-19/h3-14,21H,1-2H3. The van der Waals surface area contributed by atoms with Crippen LogP contribution in [0.1, 0.15) is 11.1 Å². The van der Waals surface area contributed by atoms with Crippen molar-refractivity contribution in [3.63, 3.8) is 0 Å². The summed E-state index contributed by atoms with van der Waals surface area (Å²) in [6.45, 7) is 3.99. The Morgan fingerprint density at radius 1 is 0.840 bits per heavy atom. The minimum Gasteiger partial charge on any atom is -0.457 e. The van der Waals surface area contributed by atoms with E-state index in [1.165, 1.54) is 0 Å². The first-order valence-corrected chi connectivity index (χ1v) is 9.35. The van der Waals surface area contributed by atoms with Gasteiger partial charge in [-0.2, -0.15) is 0 Å². The van der Waals surface area contributed by atoms with Crippen LogP contribution in [0.25, 0.3) is 0 Å². The summed E-state index contributed by atoms with van der Waals surface area (Å²) in [5, 5.41) is 0. The molecule has 5 heteroatoms. The topological polar surface area (TPSA) is 55.4 Å². The molecule has 25 heavy (non-hydrogen) atoms. The molecule has 0 spiro atoms. The molecule has 0 bridgehead atoms. The minimum absolute atomic E-state index is 0.228. The van der Waals surface area contributed by atoms with E-state index in [0.717, 1.165) is 16.9 Å². The van der Waals surface area contributed by atoms with E-state index in [1.807, 2.05) is 32.0 Å². The highest BCUT2D eigenvalue weighted by Crippen LogP contribution is 2.27. The fraction of sp³-hybridized carbons (Fsp3) is 0.100. The van der Waals surface area contributed by atoms with Crippen LogP contribution in [0.3, 0.4) is 0 Å². The minimum atomic E-state index is -3.59. The molecule has 0 aliphatic heterocycles. The molecule has 128 valence electrons. The van der Waals surface area contributed by atoms with Gasteiger partial charge in [-0.05, 0) is 67.4 Å². The second kappa shape index (κ2) is 6.99. The fourth-order valence-corrected chi connectivity index (χ4v) is 3.43. The number of benzene rings is 3. The summed E-state index contributed by atoms with van der Waals surface area (Å²) in [6.07, 6.45) is 0. The summed E-state index contributed by atoms with van der Waals surface area (Å²) in [5.74, 6) is 1.44. The van der Waals surface area contributed by atoms with Crippen LogP contribution in [0.15, 0.2) is 77.7 Å². The van der Waals surface area contributed by atoms with Crippen molar-refractivity contribution in [2.75, 3.05) is 4.72 Å². The van der Waals surface area contributed by atoms with Crippen molar-refractivity contribution in [1.82, 2.24) is 0 Å². The zero-order chi connectivity index (χ0) is 17.9. The Morgan fingerprint density at radius 2 is 1.52 bits per heavy atom. The van der Waals surface area contributed by atoms with E-state index in [0.29, 0.717) is 11.4 Å². The highest BCUT2D eigenvalue weighted by Gasteiger charge is 2.13. The summed E-state index contributed by atoms with van der Waals surface area (Å²) >= 11 is 0. The number of nitrogens with one attached hydrogen (secondary N) is 1. The molecular weight excluding hydrogens is 334 g/mol. The van der Waals surface area contributed by atoms with E-state index < -0.39 is 10.0 Å². The van der Waals surface area contributed by atoms with E-state index in [1.54, 1.807) is 54.6 Å². The predicted octanol–water partition coefficient (Wildman–Crippen LogP) is 4.90. The molecule has 0 radical (unpaired) electrons. The van der Waals surface area contributed by atoms with Gasteiger partial charge in [-0.3, -0.25) is 4.72 Å². The Labute approximate surface area is 148 Å². The Balaban J connectivity index is 1.75. The zero-order valence-corrected chi connectivity index (χ0v) is 14.9. The summed E-state index contributed by atoms with van der Waals surface area (Å²) in [7, 11) is -3.59. The Morgan fingerprint density at radius 3 is 2.20 bits per heavy atom. The molecule has 0 aliphatic carbocycles. The van der Waals surface area contributed by atoms with Crippen molar-refractivity contribution in [3.05, 3.63) is 83.9 Å². The average Bonchev–Trinajstić information content (AvgIpc) is 2.60. The third kappa shape index (κ3) is 4.19. The predicted molar refractivity (Wildman–Crippen MR) is 99.7 cm³/mol. The lowest BCUT2D eigenvalue weighted by Gasteiger charge is -2.11. The maximum atomic E-state index is 12.3. The first kappa shape index (κ1) is 17.0. The van der Waals surface area contributed by atoms with Gasteiger partial charge in [0, 0.05) is 5.69 Å². The highest BCUT2D eigenvalue weighted by molar-refractivity contribution is 7.92. The number of sulfonamides is 1. The van der Waals surface area contributed by atoms with Gasteiger partial charge in [0.1, 0.15) is 11.5 Å². The van der Waals surface area contributed by atoms with Gasteiger partial charge in [0.15, 0.2) is 0 Å². The third-order valence-corrected chi connectivity index (χ3v) is 5.13. The molecule has 0 saturated heterocycles. The van der Waals surface area contributed by atoms with Crippen molar-refractivity contribution in [1.29, 1.82) is 0 Å². The first-order valence-electron chi connectivity index (χ1n) is 7.87.